The third kappa shape index (κ3) is 2.20. The Balaban J connectivity index is 1.92. The maximum absolute atomic E-state index is 5.83. The number of nitrogens with zero attached hydrogens (tertiary/aromatic N) is 2. The second-order valence-electron chi connectivity index (χ2n) is 4.83. The molecule has 0 aliphatic heterocycles. The molecular weight excluding hydrogens is 244 g/mol. The summed E-state index contributed by atoms with van der Waals surface area (Å²) in [7, 11) is 0. The van der Waals surface area contributed by atoms with Crippen molar-refractivity contribution in [3.8, 4) is 0 Å². The van der Waals surface area contributed by atoms with Crippen LogP contribution in [0, 0.1) is 5.92 Å². The first kappa shape index (κ1) is 11.9. The zero-order valence-corrected chi connectivity index (χ0v) is 11.3. The largest absolute Gasteiger partial charge is 0.365 e. The van der Waals surface area contributed by atoms with Gasteiger partial charge in [0.2, 0.25) is 0 Å². The number of fused-ring (bicyclic) bond motifs is 1. The molecule has 96 valence electrons. The molecule has 1 fully saturated rings. The minimum atomic E-state index is 0.355. The van der Waals surface area contributed by atoms with E-state index in [9.17, 15) is 0 Å². The van der Waals surface area contributed by atoms with Crippen molar-refractivity contribution >= 4 is 27.4 Å². The van der Waals surface area contributed by atoms with Crippen LogP contribution in [0.3, 0.4) is 0 Å². The molecule has 0 bridgehead atoms. The van der Waals surface area contributed by atoms with Crippen molar-refractivity contribution < 1.29 is 0 Å². The number of nitrogens with two attached hydrogens (primary N) is 1. The minimum absolute atomic E-state index is 0.355. The van der Waals surface area contributed by atoms with Gasteiger partial charge in [-0.15, -0.1) is 11.3 Å². The Morgan fingerprint density at radius 2 is 2.33 bits per heavy atom. The number of aromatic nitrogens is 2. The van der Waals surface area contributed by atoms with Gasteiger partial charge in [-0.1, -0.05) is 6.92 Å². The van der Waals surface area contributed by atoms with Gasteiger partial charge >= 0.3 is 0 Å². The molecule has 0 aromatic carbocycles. The first-order chi connectivity index (χ1) is 8.81. The summed E-state index contributed by atoms with van der Waals surface area (Å²) in [6.07, 6.45) is 5.25. The molecular formula is C13H18N4S. The third-order valence-corrected chi connectivity index (χ3v) is 4.68. The zero-order valence-electron chi connectivity index (χ0n) is 10.5. The van der Waals surface area contributed by atoms with E-state index in [0.717, 1.165) is 28.4 Å². The fourth-order valence-electron chi connectivity index (χ4n) is 2.24. The number of thiophene rings is 1. The number of nitrogens with one attached hydrogen (secondary N) is 1. The van der Waals surface area contributed by atoms with Crippen LogP contribution in [0.1, 0.15) is 24.6 Å². The molecule has 0 spiro atoms. The summed E-state index contributed by atoms with van der Waals surface area (Å²) in [5.74, 6) is 1.67. The molecule has 0 saturated heterocycles. The standard InChI is InChI=1S/C13H18N4S/c1-2-9-5-10-12(15-7-16-13(10)18-9)17-11(6-14)8-3-4-8/h5,7-8,11H,2-4,6,14H2,1H3,(H,15,16,17). The molecule has 1 atom stereocenters. The van der Waals surface area contributed by atoms with Crippen LogP contribution in [0.15, 0.2) is 12.4 Å². The highest BCUT2D eigenvalue weighted by Crippen LogP contribution is 2.35. The van der Waals surface area contributed by atoms with Gasteiger partial charge in [-0.3, -0.25) is 0 Å². The molecule has 2 aromatic heterocycles. The number of hydrogen-bond donors (Lipinski definition) is 2. The second-order valence-corrected chi connectivity index (χ2v) is 5.95. The lowest BCUT2D eigenvalue weighted by Gasteiger charge is -2.16. The van der Waals surface area contributed by atoms with E-state index in [1.54, 1.807) is 17.7 Å². The van der Waals surface area contributed by atoms with Crippen LogP contribution in [0.25, 0.3) is 10.2 Å². The number of hydrogen-bond acceptors (Lipinski definition) is 5. The average Bonchev–Trinajstić information content (AvgIpc) is 3.14. The van der Waals surface area contributed by atoms with Gasteiger partial charge in [0.05, 0.1) is 5.39 Å². The van der Waals surface area contributed by atoms with Crippen LogP contribution in [-0.2, 0) is 6.42 Å². The van der Waals surface area contributed by atoms with E-state index in [1.165, 1.54) is 17.7 Å². The van der Waals surface area contributed by atoms with Crippen molar-refractivity contribution in [2.75, 3.05) is 11.9 Å². The Morgan fingerprint density at radius 1 is 1.50 bits per heavy atom. The number of rotatable bonds is 5. The molecule has 3 rings (SSSR count). The van der Waals surface area contributed by atoms with E-state index in [4.69, 9.17) is 5.73 Å². The van der Waals surface area contributed by atoms with Crippen molar-refractivity contribution in [1.29, 1.82) is 0 Å². The lowest BCUT2D eigenvalue weighted by molar-refractivity contribution is 0.643. The van der Waals surface area contributed by atoms with Crippen LogP contribution < -0.4 is 11.1 Å². The van der Waals surface area contributed by atoms with E-state index in [0.29, 0.717) is 12.6 Å². The number of aryl methyl sites for hydroxylation is 1. The Hall–Kier alpha value is -1.20. The SMILES string of the molecule is CCc1cc2c(NC(CN)C3CC3)ncnc2s1. The maximum Gasteiger partial charge on any atom is 0.138 e. The molecule has 0 radical (unpaired) electrons. The summed E-state index contributed by atoms with van der Waals surface area (Å²) in [6, 6.07) is 2.55. The van der Waals surface area contributed by atoms with Crippen molar-refractivity contribution in [1.82, 2.24) is 9.97 Å². The van der Waals surface area contributed by atoms with E-state index >= 15 is 0 Å². The lowest BCUT2D eigenvalue weighted by Crippen LogP contribution is -2.31. The predicted octanol–water partition coefficient (Wildman–Crippen LogP) is 2.40. The summed E-state index contributed by atoms with van der Waals surface area (Å²) >= 11 is 1.75. The Bertz CT molecular complexity index is 547. The van der Waals surface area contributed by atoms with Gasteiger partial charge in [-0.05, 0) is 31.2 Å². The monoisotopic (exact) mass is 262 g/mol. The normalized spacial score (nSPS) is 17.0. The molecule has 1 aliphatic carbocycles. The molecule has 1 aliphatic rings. The first-order valence-corrected chi connectivity index (χ1v) is 7.33. The van der Waals surface area contributed by atoms with E-state index in [-0.39, 0.29) is 0 Å². The summed E-state index contributed by atoms with van der Waals surface area (Å²) in [4.78, 5) is 11.1. The molecule has 0 amide bonds. The Morgan fingerprint density at radius 3 is 3.00 bits per heavy atom. The highest BCUT2D eigenvalue weighted by molar-refractivity contribution is 7.18. The van der Waals surface area contributed by atoms with Crippen molar-refractivity contribution in [3.05, 3.63) is 17.3 Å². The van der Waals surface area contributed by atoms with Gasteiger partial charge in [0.1, 0.15) is 17.0 Å². The van der Waals surface area contributed by atoms with Crippen LogP contribution >= 0.6 is 11.3 Å². The highest BCUT2D eigenvalue weighted by Gasteiger charge is 2.30. The minimum Gasteiger partial charge on any atom is -0.365 e. The lowest BCUT2D eigenvalue weighted by atomic mass is 10.2. The fourth-order valence-corrected chi connectivity index (χ4v) is 3.17. The van der Waals surface area contributed by atoms with Gasteiger partial charge in [-0.2, -0.15) is 0 Å². The summed E-state index contributed by atoms with van der Waals surface area (Å²) < 4.78 is 0. The maximum atomic E-state index is 5.83. The molecule has 2 heterocycles. The quantitative estimate of drug-likeness (QED) is 0.868. The third-order valence-electron chi connectivity index (χ3n) is 3.50. The Kier molecular flexibility index (Phi) is 3.18. The van der Waals surface area contributed by atoms with Crippen LogP contribution in [0.2, 0.25) is 0 Å². The van der Waals surface area contributed by atoms with Gasteiger partial charge in [0, 0.05) is 17.5 Å². The molecule has 1 unspecified atom stereocenters. The zero-order chi connectivity index (χ0) is 12.5. The topological polar surface area (TPSA) is 63.8 Å². The summed E-state index contributed by atoms with van der Waals surface area (Å²) in [5, 5.41) is 4.64. The molecule has 18 heavy (non-hydrogen) atoms. The predicted molar refractivity (Wildman–Crippen MR) is 76.0 cm³/mol. The molecule has 4 nitrogen and oxygen atoms in total. The number of anilines is 1. The average molecular weight is 262 g/mol. The fraction of sp³-hybridized carbons (Fsp3) is 0.538. The Labute approximate surface area is 111 Å². The van der Waals surface area contributed by atoms with Crippen molar-refractivity contribution in [2.45, 2.75) is 32.2 Å². The van der Waals surface area contributed by atoms with Gasteiger partial charge in [-0.25, -0.2) is 9.97 Å². The molecule has 3 N–H and O–H groups in total. The highest BCUT2D eigenvalue weighted by atomic mass is 32.1. The van der Waals surface area contributed by atoms with Crippen molar-refractivity contribution in [3.63, 3.8) is 0 Å². The summed E-state index contributed by atoms with van der Waals surface area (Å²) in [6.45, 7) is 2.83. The van der Waals surface area contributed by atoms with Gasteiger partial charge in [0.25, 0.3) is 0 Å². The second kappa shape index (κ2) is 4.82. The van der Waals surface area contributed by atoms with E-state index < -0.39 is 0 Å². The molecule has 2 aromatic rings. The van der Waals surface area contributed by atoms with E-state index in [1.807, 2.05) is 0 Å². The van der Waals surface area contributed by atoms with Gasteiger partial charge < -0.3 is 11.1 Å². The van der Waals surface area contributed by atoms with Crippen LogP contribution in [0.5, 0.6) is 0 Å². The summed E-state index contributed by atoms with van der Waals surface area (Å²) in [5.41, 5.74) is 5.83. The first-order valence-electron chi connectivity index (χ1n) is 6.51. The van der Waals surface area contributed by atoms with Gasteiger partial charge in [0.15, 0.2) is 0 Å². The van der Waals surface area contributed by atoms with Crippen LogP contribution in [-0.4, -0.2) is 22.6 Å². The smallest absolute Gasteiger partial charge is 0.138 e. The molecule has 1 saturated carbocycles. The molecule has 5 heteroatoms. The van der Waals surface area contributed by atoms with Crippen LogP contribution in [0.4, 0.5) is 5.82 Å². The van der Waals surface area contributed by atoms with E-state index in [2.05, 4.69) is 28.3 Å². The van der Waals surface area contributed by atoms with Crippen molar-refractivity contribution in [2.24, 2.45) is 11.7 Å².